The van der Waals surface area contributed by atoms with Gasteiger partial charge in [-0.1, -0.05) is 6.07 Å². The third kappa shape index (κ3) is 10.0. The van der Waals surface area contributed by atoms with Crippen molar-refractivity contribution in [2.75, 3.05) is 46.9 Å². The molecule has 1 heterocycles. The minimum atomic E-state index is 0. The van der Waals surface area contributed by atoms with Gasteiger partial charge in [0.1, 0.15) is 0 Å². The van der Waals surface area contributed by atoms with E-state index in [1.165, 1.54) is 5.56 Å². The van der Waals surface area contributed by atoms with E-state index in [9.17, 15) is 0 Å². The number of aryl methyl sites for hydroxylation is 1. The van der Waals surface area contributed by atoms with Crippen molar-refractivity contribution in [3.63, 3.8) is 0 Å². The number of hydrogen-bond donors (Lipinski definition) is 2. The molecule has 0 bridgehead atoms. The molecule has 0 fully saturated rings. The second-order valence-corrected chi connectivity index (χ2v) is 5.54. The first-order valence-electron chi connectivity index (χ1n) is 8.27. The van der Waals surface area contributed by atoms with E-state index in [1.54, 1.807) is 7.11 Å². The van der Waals surface area contributed by atoms with Crippen LogP contribution in [0.1, 0.15) is 24.6 Å². The quantitative estimate of drug-likeness (QED) is 0.248. The fourth-order valence-corrected chi connectivity index (χ4v) is 2.14. The predicted octanol–water partition coefficient (Wildman–Crippen LogP) is 2.03. The Kier molecular flexibility index (Phi) is 13.9. The summed E-state index contributed by atoms with van der Waals surface area (Å²) < 4.78 is 5.07. The topological polar surface area (TPSA) is 61.8 Å². The van der Waals surface area contributed by atoms with E-state index < -0.39 is 0 Å². The number of guanidine groups is 1. The normalized spacial score (nSPS) is 11.3. The van der Waals surface area contributed by atoms with Crippen molar-refractivity contribution >= 4 is 29.9 Å². The van der Waals surface area contributed by atoms with Gasteiger partial charge < -0.3 is 20.3 Å². The molecule has 0 aliphatic carbocycles. The van der Waals surface area contributed by atoms with Crippen molar-refractivity contribution < 1.29 is 4.74 Å². The molecular weight excluding hydrogens is 417 g/mol. The summed E-state index contributed by atoms with van der Waals surface area (Å²) in [6.07, 6.45) is 2.87. The molecule has 0 spiro atoms. The number of methoxy groups -OCH3 is 1. The highest BCUT2D eigenvalue weighted by Gasteiger charge is 2.02. The average molecular weight is 449 g/mol. The third-order valence-corrected chi connectivity index (χ3v) is 3.52. The molecule has 0 aliphatic heterocycles. The van der Waals surface area contributed by atoms with Gasteiger partial charge >= 0.3 is 0 Å². The van der Waals surface area contributed by atoms with Gasteiger partial charge in [0.15, 0.2) is 5.96 Å². The summed E-state index contributed by atoms with van der Waals surface area (Å²) in [5.41, 5.74) is 2.19. The van der Waals surface area contributed by atoms with E-state index in [4.69, 9.17) is 4.74 Å². The maximum Gasteiger partial charge on any atom is 0.191 e. The lowest BCUT2D eigenvalue weighted by molar-refractivity contribution is 0.180. The number of ether oxygens (including phenoxy) is 1. The van der Waals surface area contributed by atoms with Crippen LogP contribution < -0.4 is 10.6 Å². The van der Waals surface area contributed by atoms with Crippen LogP contribution in [-0.4, -0.2) is 62.8 Å². The summed E-state index contributed by atoms with van der Waals surface area (Å²) in [5.74, 6) is 0.836. The largest absolute Gasteiger partial charge is 0.385 e. The lowest BCUT2D eigenvalue weighted by Crippen LogP contribution is -2.41. The molecule has 0 radical (unpaired) electrons. The minimum Gasteiger partial charge on any atom is -0.385 e. The van der Waals surface area contributed by atoms with Crippen LogP contribution in [0.5, 0.6) is 0 Å². The molecule has 0 aromatic carbocycles. The summed E-state index contributed by atoms with van der Waals surface area (Å²) in [5, 5.41) is 6.64. The smallest absolute Gasteiger partial charge is 0.191 e. The van der Waals surface area contributed by atoms with Crippen LogP contribution in [0.15, 0.2) is 23.3 Å². The first-order chi connectivity index (χ1) is 11.2. The lowest BCUT2D eigenvalue weighted by Gasteiger charge is -2.18. The fourth-order valence-electron chi connectivity index (χ4n) is 2.14. The molecule has 1 aromatic heterocycles. The molecule has 24 heavy (non-hydrogen) atoms. The molecule has 138 valence electrons. The van der Waals surface area contributed by atoms with Gasteiger partial charge in [0.25, 0.3) is 0 Å². The number of rotatable bonds is 10. The highest BCUT2D eigenvalue weighted by molar-refractivity contribution is 14.0. The van der Waals surface area contributed by atoms with Crippen LogP contribution in [0.2, 0.25) is 0 Å². The van der Waals surface area contributed by atoms with Crippen LogP contribution >= 0.6 is 24.0 Å². The molecule has 0 saturated carbocycles. The molecule has 0 unspecified atom stereocenters. The van der Waals surface area contributed by atoms with E-state index >= 15 is 0 Å². The molecule has 7 heteroatoms. The predicted molar refractivity (Wildman–Crippen MR) is 111 cm³/mol. The summed E-state index contributed by atoms with van der Waals surface area (Å²) in [6.45, 7) is 9.24. The Balaban J connectivity index is 0.00000529. The Morgan fingerprint density at radius 3 is 2.79 bits per heavy atom. The maximum absolute atomic E-state index is 5.07. The van der Waals surface area contributed by atoms with Gasteiger partial charge in [-0.05, 0) is 38.9 Å². The number of aromatic nitrogens is 1. The first-order valence-corrected chi connectivity index (χ1v) is 8.27. The van der Waals surface area contributed by atoms with Crippen LogP contribution in [0, 0.1) is 6.92 Å². The van der Waals surface area contributed by atoms with Gasteiger partial charge in [-0.25, -0.2) is 4.99 Å². The van der Waals surface area contributed by atoms with E-state index in [2.05, 4.69) is 52.5 Å². The van der Waals surface area contributed by atoms with Gasteiger partial charge in [0, 0.05) is 46.1 Å². The molecule has 0 aliphatic rings. The highest BCUT2D eigenvalue weighted by atomic mass is 127. The second kappa shape index (κ2) is 14.4. The number of hydrogen-bond acceptors (Lipinski definition) is 4. The van der Waals surface area contributed by atoms with E-state index in [-0.39, 0.29) is 24.0 Å². The van der Waals surface area contributed by atoms with Crippen LogP contribution in [-0.2, 0) is 11.3 Å². The zero-order valence-electron chi connectivity index (χ0n) is 15.3. The standard InChI is InChI=1S/C17H31N5O.HI/c1-5-18-17(20-10-12-22(3)11-7-13-23-4)21-14-16-15(2)8-6-9-19-16;/h6,8-9H,5,7,10-14H2,1-4H3,(H2,18,20,21);1H. The van der Waals surface area contributed by atoms with Crippen LogP contribution in [0.4, 0.5) is 0 Å². The molecule has 0 amide bonds. The Labute approximate surface area is 163 Å². The Bertz CT molecular complexity index is 470. The monoisotopic (exact) mass is 449 g/mol. The average Bonchev–Trinajstić information content (AvgIpc) is 2.54. The van der Waals surface area contributed by atoms with Gasteiger partial charge in [0.2, 0.25) is 0 Å². The van der Waals surface area contributed by atoms with Gasteiger partial charge in [-0.3, -0.25) is 4.98 Å². The highest BCUT2D eigenvalue weighted by Crippen LogP contribution is 2.04. The molecule has 1 rings (SSSR count). The Hall–Kier alpha value is -0.930. The molecular formula is C17H32IN5O. The zero-order valence-corrected chi connectivity index (χ0v) is 17.7. The minimum absolute atomic E-state index is 0. The van der Waals surface area contributed by atoms with Gasteiger partial charge in [-0.15, -0.1) is 24.0 Å². The molecule has 2 N–H and O–H groups in total. The van der Waals surface area contributed by atoms with Gasteiger partial charge in [0.05, 0.1) is 12.2 Å². The summed E-state index contributed by atoms with van der Waals surface area (Å²) in [4.78, 5) is 11.3. The third-order valence-electron chi connectivity index (χ3n) is 3.52. The van der Waals surface area contributed by atoms with Crippen molar-refractivity contribution in [3.8, 4) is 0 Å². The Morgan fingerprint density at radius 1 is 1.33 bits per heavy atom. The van der Waals surface area contributed by atoms with E-state index in [1.807, 2.05) is 12.3 Å². The number of nitrogens with zero attached hydrogens (tertiary/aromatic N) is 3. The van der Waals surface area contributed by atoms with Crippen molar-refractivity contribution in [1.82, 2.24) is 20.5 Å². The number of aliphatic imine (C=N–C) groups is 1. The van der Waals surface area contributed by atoms with Crippen molar-refractivity contribution in [2.24, 2.45) is 4.99 Å². The number of likely N-dealkylation sites (N-methyl/N-ethyl adjacent to an activating group) is 1. The Morgan fingerprint density at radius 2 is 2.12 bits per heavy atom. The second-order valence-electron chi connectivity index (χ2n) is 5.54. The van der Waals surface area contributed by atoms with Crippen molar-refractivity contribution in [3.05, 3.63) is 29.6 Å². The van der Waals surface area contributed by atoms with Crippen molar-refractivity contribution in [2.45, 2.75) is 26.8 Å². The number of nitrogens with one attached hydrogen (secondary N) is 2. The zero-order chi connectivity index (χ0) is 16.9. The summed E-state index contributed by atoms with van der Waals surface area (Å²) in [6, 6.07) is 4.01. The molecule has 1 aromatic rings. The summed E-state index contributed by atoms with van der Waals surface area (Å²) in [7, 11) is 3.86. The van der Waals surface area contributed by atoms with Crippen LogP contribution in [0.3, 0.4) is 0 Å². The fraction of sp³-hybridized carbons (Fsp3) is 0.647. The molecule has 6 nitrogen and oxygen atoms in total. The van der Waals surface area contributed by atoms with E-state index in [0.717, 1.165) is 50.9 Å². The lowest BCUT2D eigenvalue weighted by atomic mass is 10.2. The first kappa shape index (κ1) is 23.1. The van der Waals surface area contributed by atoms with E-state index in [0.29, 0.717) is 6.54 Å². The SMILES string of the molecule is CCNC(=NCc1ncccc1C)NCCN(C)CCCOC.I. The number of pyridine rings is 1. The molecule has 0 atom stereocenters. The van der Waals surface area contributed by atoms with Crippen molar-refractivity contribution in [1.29, 1.82) is 0 Å². The number of halogens is 1. The summed E-state index contributed by atoms with van der Waals surface area (Å²) >= 11 is 0. The van der Waals surface area contributed by atoms with Gasteiger partial charge in [-0.2, -0.15) is 0 Å². The maximum atomic E-state index is 5.07. The molecule has 0 saturated heterocycles. The van der Waals surface area contributed by atoms with Crippen LogP contribution in [0.25, 0.3) is 0 Å².